The third-order valence-electron chi connectivity index (χ3n) is 2.43. The fourth-order valence-electron chi connectivity index (χ4n) is 1.62. The normalized spacial score (nSPS) is 11.0. The number of rotatable bonds is 3. The lowest BCUT2D eigenvalue weighted by Gasteiger charge is -2.18. The van der Waals surface area contributed by atoms with E-state index in [1.54, 1.807) is 36.4 Å². The second-order valence-electron chi connectivity index (χ2n) is 3.75. The molecule has 0 saturated heterocycles. The minimum atomic E-state index is -4.68. The van der Waals surface area contributed by atoms with E-state index in [2.05, 4.69) is 0 Å². The van der Waals surface area contributed by atoms with Gasteiger partial charge in [-0.1, -0.05) is 36.4 Å². The Bertz CT molecular complexity index is 668. The van der Waals surface area contributed by atoms with Crippen molar-refractivity contribution >= 4 is 21.9 Å². The maximum Gasteiger partial charge on any atom is 0.366 e. The van der Waals surface area contributed by atoms with Crippen molar-refractivity contribution in [2.75, 3.05) is 4.31 Å². The number of hydrogen-bond donors (Lipinski definition) is 1. The molecule has 2 rings (SSSR count). The van der Waals surface area contributed by atoms with Crippen LogP contribution in [0.4, 0.5) is 5.69 Å². The summed E-state index contributed by atoms with van der Waals surface area (Å²) < 4.78 is 32.4. The molecule has 0 aliphatic carbocycles. The van der Waals surface area contributed by atoms with Gasteiger partial charge in [-0.3, -0.25) is 9.35 Å². The molecular weight excluding hydrogens is 266 g/mol. The fourth-order valence-corrected chi connectivity index (χ4v) is 2.32. The van der Waals surface area contributed by atoms with Gasteiger partial charge in [0.15, 0.2) is 0 Å². The maximum atomic E-state index is 12.2. The summed E-state index contributed by atoms with van der Waals surface area (Å²) in [4.78, 5) is 12.2. The number of amides is 1. The van der Waals surface area contributed by atoms with E-state index in [1.807, 2.05) is 0 Å². The van der Waals surface area contributed by atoms with Crippen LogP contribution in [0.1, 0.15) is 10.4 Å². The third-order valence-corrected chi connectivity index (χ3v) is 3.26. The van der Waals surface area contributed by atoms with Crippen LogP contribution in [0.3, 0.4) is 0 Å². The Morgan fingerprint density at radius 2 is 1.37 bits per heavy atom. The predicted molar refractivity (Wildman–Crippen MR) is 71.2 cm³/mol. The van der Waals surface area contributed by atoms with Crippen LogP contribution in [0.5, 0.6) is 0 Å². The summed E-state index contributed by atoms with van der Waals surface area (Å²) in [5, 5.41) is 0. The first kappa shape index (κ1) is 13.3. The van der Waals surface area contributed by atoms with Gasteiger partial charge >= 0.3 is 10.3 Å². The predicted octanol–water partition coefficient (Wildman–Crippen LogP) is 2.14. The second kappa shape index (κ2) is 5.21. The molecule has 1 N–H and O–H groups in total. The van der Waals surface area contributed by atoms with Gasteiger partial charge in [-0.05, 0) is 24.3 Å². The summed E-state index contributed by atoms with van der Waals surface area (Å²) in [5.74, 6) is -0.811. The molecule has 0 atom stereocenters. The molecule has 0 unspecified atom stereocenters. The number of carbonyl (C=O) groups excluding carboxylic acids is 1. The third kappa shape index (κ3) is 2.98. The molecule has 0 fully saturated rings. The summed E-state index contributed by atoms with van der Waals surface area (Å²) in [6, 6.07) is 15.6. The van der Waals surface area contributed by atoms with E-state index in [1.165, 1.54) is 24.3 Å². The number of anilines is 1. The molecule has 6 heteroatoms. The Balaban J connectivity index is 2.50. The highest BCUT2D eigenvalue weighted by molar-refractivity contribution is 7.88. The van der Waals surface area contributed by atoms with Crippen LogP contribution in [0, 0.1) is 0 Å². The van der Waals surface area contributed by atoms with Gasteiger partial charge in [0.05, 0.1) is 5.69 Å². The van der Waals surface area contributed by atoms with E-state index >= 15 is 0 Å². The van der Waals surface area contributed by atoms with Crippen molar-refractivity contribution in [1.82, 2.24) is 0 Å². The standard InChI is InChI=1S/C13H11NO4S/c15-13(11-7-3-1-4-8-11)14(19(16,17)18)12-9-5-2-6-10-12/h1-10H,(H,16,17,18). The minimum absolute atomic E-state index is 0.0823. The summed E-state index contributed by atoms with van der Waals surface area (Å²) in [6.07, 6.45) is 0. The lowest BCUT2D eigenvalue weighted by atomic mass is 10.2. The van der Waals surface area contributed by atoms with Gasteiger partial charge in [0.25, 0.3) is 5.91 Å². The van der Waals surface area contributed by atoms with Crippen molar-refractivity contribution in [3.8, 4) is 0 Å². The van der Waals surface area contributed by atoms with Crippen LogP contribution < -0.4 is 4.31 Å². The number of benzene rings is 2. The summed E-state index contributed by atoms with van der Waals surface area (Å²) in [5.41, 5.74) is 0.253. The molecule has 98 valence electrons. The molecular formula is C13H11NO4S. The van der Waals surface area contributed by atoms with Crippen molar-refractivity contribution in [1.29, 1.82) is 0 Å². The highest BCUT2D eigenvalue weighted by atomic mass is 32.2. The number of para-hydroxylation sites is 1. The zero-order valence-corrected chi connectivity index (χ0v) is 10.6. The molecule has 0 aliphatic rings. The monoisotopic (exact) mass is 277 g/mol. The van der Waals surface area contributed by atoms with Gasteiger partial charge < -0.3 is 0 Å². The van der Waals surface area contributed by atoms with E-state index in [-0.39, 0.29) is 11.3 Å². The van der Waals surface area contributed by atoms with E-state index < -0.39 is 16.2 Å². The van der Waals surface area contributed by atoms with E-state index in [4.69, 9.17) is 0 Å². The van der Waals surface area contributed by atoms with Gasteiger partial charge in [0.1, 0.15) is 0 Å². The lowest BCUT2D eigenvalue weighted by molar-refractivity contribution is 0.100. The first-order valence-electron chi connectivity index (χ1n) is 5.42. The first-order valence-corrected chi connectivity index (χ1v) is 6.82. The van der Waals surface area contributed by atoms with E-state index in [9.17, 15) is 17.8 Å². The second-order valence-corrected chi connectivity index (χ2v) is 5.01. The molecule has 0 heterocycles. The van der Waals surface area contributed by atoms with Crippen LogP contribution in [0.25, 0.3) is 0 Å². The van der Waals surface area contributed by atoms with Gasteiger partial charge in [0, 0.05) is 5.56 Å². The Kier molecular flexibility index (Phi) is 3.64. The Hall–Kier alpha value is -2.18. The molecule has 0 saturated carbocycles. The average molecular weight is 277 g/mol. The van der Waals surface area contributed by atoms with Crippen LogP contribution in [0.2, 0.25) is 0 Å². The molecule has 0 aliphatic heterocycles. The van der Waals surface area contributed by atoms with E-state index in [0.29, 0.717) is 4.31 Å². The summed E-state index contributed by atoms with van der Waals surface area (Å²) in [7, 11) is -4.68. The van der Waals surface area contributed by atoms with Crippen molar-refractivity contribution in [2.45, 2.75) is 0 Å². The first-order chi connectivity index (χ1) is 9.00. The topological polar surface area (TPSA) is 74.7 Å². The molecule has 2 aromatic carbocycles. The molecule has 0 bridgehead atoms. The largest absolute Gasteiger partial charge is 0.366 e. The van der Waals surface area contributed by atoms with Crippen LogP contribution in [0.15, 0.2) is 60.7 Å². The van der Waals surface area contributed by atoms with Crippen molar-refractivity contribution in [2.24, 2.45) is 0 Å². The van der Waals surface area contributed by atoms with Crippen LogP contribution in [-0.4, -0.2) is 18.9 Å². The summed E-state index contributed by atoms with van der Waals surface area (Å²) in [6.45, 7) is 0. The molecule has 5 nitrogen and oxygen atoms in total. The van der Waals surface area contributed by atoms with Gasteiger partial charge in [-0.15, -0.1) is 0 Å². The molecule has 0 radical (unpaired) electrons. The Labute approximate surface area is 111 Å². The minimum Gasteiger partial charge on any atom is -0.269 e. The molecule has 0 aromatic heterocycles. The maximum absolute atomic E-state index is 12.2. The Morgan fingerprint density at radius 3 is 1.84 bits per heavy atom. The average Bonchev–Trinajstić information content (AvgIpc) is 2.39. The van der Waals surface area contributed by atoms with Crippen LogP contribution in [-0.2, 0) is 10.3 Å². The lowest BCUT2D eigenvalue weighted by Crippen LogP contribution is -2.36. The molecule has 2 aromatic rings. The van der Waals surface area contributed by atoms with Crippen molar-refractivity contribution in [3.63, 3.8) is 0 Å². The quantitative estimate of drug-likeness (QED) is 0.872. The molecule has 19 heavy (non-hydrogen) atoms. The van der Waals surface area contributed by atoms with E-state index in [0.717, 1.165) is 0 Å². The molecule has 1 amide bonds. The Morgan fingerprint density at radius 1 is 0.895 bits per heavy atom. The number of nitrogens with zero attached hydrogens (tertiary/aromatic N) is 1. The van der Waals surface area contributed by atoms with Gasteiger partial charge in [0.2, 0.25) is 0 Å². The van der Waals surface area contributed by atoms with Crippen molar-refractivity contribution in [3.05, 3.63) is 66.2 Å². The molecule has 0 spiro atoms. The SMILES string of the molecule is O=C(c1ccccc1)N(c1ccccc1)S(=O)(=O)O. The fraction of sp³-hybridized carbons (Fsp3) is 0. The number of hydrogen-bond acceptors (Lipinski definition) is 3. The van der Waals surface area contributed by atoms with Crippen LogP contribution >= 0.6 is 0 Å². The van der Waals surface area contributed by atoms with Gasteiger partial charge in [-0.2, -0.15) is 12.7 Å². The van der Waals surface area contributed by atoms with Crippen molar-refractivity contribution < 1.29 is 17.8 Å². The zero-order chi connectivity index (χ0) is 13.9. The highest BCUT2D eigenvalue weighted by Crippen LogP contribution is 2.19. The number of carbonyl (C=O) groups is 1. The summed E-state index contributed by atoms with van der Waals surface area (Å²) >= 11 is 0. The zero-order valence-electron chi connectivity index (χ0n) is 9.80. The highest BCUT2D eigenvalue weighted by Gasteiger charge is 2.28. The smallest absolute Gasteiger partial charge is 0.269 e. The van der Waals surface area contributed by atoms with Gasteiger partial charge in [-0.25, -0.2) is 0 Å².